The number of carbonyl (C=O) groups excluding carboxylic acids is 1. The molecular weight excluding hydrogens is 441 g/mol. The molecule has 176 valence electrons. The molecule has 2 aromatic carbocycles. The first-order valence-corrected chi connectivity index (χ1v) is 9.65. The van der Waals surface area contributed by atoms with Crippen LogP contribution in [0.15, 0.2) is 60.9 Å². The van der Waals surface area contributed by atoms with E-state index in [0.717, 1.165) is 6.07 Å². The molecule has 0 bridgehead atoms. The first-order valence-electron chi connectivity index (χ1n) is 9.65. The maximum atomic E-state index is 13.4. The van der Waals surface area contributed by atoms with Crippen molar-refractivity contribution in [3.63, 3.8) is 0 Å². The number of H-pyrrole nitrogens is 1. The molecule has 10 heteroatoms. The van der Waals surface area contributed by atoms with E-state index in [4.69, 9.17) is 15.6 Å². The van der Waals surface area contributed by atoms with Crippen molar-refractivity contribution in [3.05, 3.63) is 72.0 Å². The number of para-hydroxylation sites is 1. The van der Waals surface area contributed by atoms with Crippen LogP contribution in [-0.4, -0.2) is 35.5 Å². The molecule has 0 saturated heterocycles. The molecule has 3 aromatic rings. The highest BCUT2D eigenvalue weighted by atomic mass is 19.4. The second kappa shape index (κ2) is 10.8. The van der Waals surface area contributed by atoms with Crippen LogP contribution in [0.4, 0.5) is 19.0 Å². The molecule has 0 aliphatic heterocycles. The number of alkyl halides is 3. The largest absolute Gasteiger partial charge is 0.876 e. The molecule has 0 radical (unpaired) electrons. The molecular formula is C23H23F3N2O5. The third-order valence-corrected chi connectivity index (χ3v) is 4.28. The van der Waals surface area contributed by atoms with Crippen molar-refractivity contribution < 1.29 is 43.0 Å². The van der Waals surface area contributed by atoms with Gasteiger partial charge in [-0.15, -0.1) is 12.3 Å². The van der Waals surface area contributed by atoms with Crippen LogP contribution in [0, 0.1) is 0 Å². The van der Waals surface area contributed by atoms with Gasteiger partial charge in [0.25, 0.3) is 5.82 Å². The molecule has 1 atom stereocenters. The molecule has 5 N–H and O–H groups in total. The van der Waals surface area contributed by atoms with Gasteiger partial charge in [-0.3, -0.25) is 5.73 Å². The monoisotopic (exact) mass is 464 g/mol. The Hall–Kier alpha value is -3.63. The van der Waals surface area contributed by atoms with E-state index in [0.29, 0.717) is 11.1 Å². The molecule has 1 heterocycles. The summed E-state index contributed by atoms with van der Waals surface area (Å²) in [6.45, 7) is 3.41. The molecule has 0 aliphatic carbocycles. The number of anilines is 1. The van der Waals surface area contributed by atoms with E-state index in [-0.39, 0.29) is 28.0 Å². The lowest BCUT2D eigenvalue weighted by Crippen LogP contribution is -2.22. The number of pyridine rings is 1. The van der Waals surface area contributed by atoms with E-state index in [1.54, 1.807) is 18.2 Å². The van der Waals surface area contributed by atoms with E-state index in [1.165, 1.54) is 31.2 Å². The van der Waals surface area contributed by atoms with Gasteiger partial charge < -0.3 is 20.1 Å². The average Bonchev–Trinajstić information content (AvgIpc) is 2.75. The number of hydrogen-bond acceptors (Lipinski definition) is 6. The number of halogens is 3. The number of fused-ring (bicyclic) bond motifs is 1. The standard InChI is InChI=1S/C20H17F3N2O4.C3H6O/c21-20(22,23)16-7-3-6-13-15(8-17(24)25-18(13)16)12-4-1-2-5-14(12)19(28)29-10-11(27)9-26;1-3(2)4/h1-8,11,26-27H,9-10H2,(H2,24,25);4H,1H2,2H3. The minimum atomic E-state index is -4.60. The summed E-state index contributed by atoms with van der Waals surface area (Å²) in [6, 6.07) is 11.4. The Morgan fingerprint density at radius 3 is 2.45 bits per heavy atom. The number of aromatic amines is 1. The van der Waals surface area contributed by atoms with E-state index >= 15 is 0 Å². The summed E-state index contributed by atoms with van der Waals surface area (Å²) in [7, 11) is 0. The van der Waals surface area contributed by atoms with Crippen molar-refractivity contribution in [1.29, 1.82) is 0 Å². The predicted molar refractivity (Wildman–Crippen MR) is 114 cm³/mol. The van der Waals surface area contributed by atoms with E-state index in [2.05, 4.69) is 11.6 Å². The van der Waals surface area contributed by atoms with Gasteiger partial charge in [-0.05, 0) is 17.7 Å². The number of carbonyl (C=O) groups is 1. The third kappa shape index (κ3) is 6.67. The lowest BCUT2D eigenvalue weighted by Gasteiger charge is -2.14. The fourth-order valence-electron chi connectivity index (χ4n) is 2.98. The summed E-state index contributed by atoms with van der Waals surface area (Å²) in [4.78, 5) is 15.0. The number of nitrogen functional groups attached to an aromatic ring is 1. The zero-order valence-electron chi connectivity index (χ0n) is 17.6. The van der Waals surface area contributed by atoms with Crippen LogP contribution in [0.5, 0.6) is 0 Å². The number of hydrogen-bond donors (Lipinski definition) is 3. The highest BCUT2D eigenvalue weighted by molar-refractivity contribution is 6.03. The maximum Gasteiger partial charge on any atom is 0.420 e. The minimum Gasteiger partial charge on any atom is -0.876 e. The average molecular weight is 464 g/mol. The highest BCUT2D eigenvalue weighted by Gasteiger charge is 2.35. The van der Waals surface area contributed by atoms with Gasteiger partial charge in [0.15, 0.2) is 0 Å². The van der Waals surface area contributed by atoms with Gasteiger partial charge in [-0.1, -0.05) is 37.3 Å². The topological polar surface area (TPSA) is 130 Å². The Balaban J connectivity index is 0.000000890. The Morgan fingerprint density at radius 1 is 1.21 bits per heavy atom. The van der Waals surface area contributed by atoms with Crippen molar-refractivity contribution >= 4 is 22.7 Å². The normalized spacial score (nSPS) is 11.9. The van der Waals surface area contributed by atoms with Gasteiger partial charge in [0.1, 0.15) is 23.8 Å². The van der Waals surface area contributed by atoms with Crippen molar-refractivity contribution in [2.24, 2.45) is 0 Å². The molecule has 0 fully saturated rings. The van der Waals surface area contributed by atoms with Crippen molar-refractivity contribution in [1.82, 2.24) is 0 Å². The summed E-state index contributed by atoms with van der Waals surface area (Å²) in [6.07, 6.45) is -5.83. The fraction of sp³-hybridized carbons (Fsp3) is 0.217. The first-order chi connectivity index (χ1) is 15.5. The van der Waals surface area contributed by atoms with Gasteiger partial charge >= 0.3 is 12.1 Å². The van der Waals surface area contributed by atoms with Crippen LogP contribution in [0.3, 0.4) is 0 Å². The molecule has 33 heavy (non-hydrogen) atoms. The second-order valence-electron chi connectivity index (χ2n) is 7.05. The Bertz CT molecular complexity index is 1140. The van der Waals surface area contributed by atoms with Crippen LogP contribution in [0.1, 0.15) is 22.8 Å². The van der Waals surface area contributed by atoms with Crippen molar-refractivity contribution in [3.8, 4) is 11.1 Å². The Morgan fingerprint density at radius 2 is 1.85 bits per heavy atom. The molecule has 1 unspecified atom stereocenters. The Kier molecular flexibility index (Phi) is 8.38. The minimum absolute atomic E-state index is 0.0110. The number of benzene rings is 2. The summed E-state index contributed by atoms with van der Waals surface area (Å²) in [5.41, 5.74) is 5.46. The van der Waals surface area contributed by atoms with Crippen LogP contribution in [-0.2, 0) is 10.9 Å². The summed E-state index contributed by atoms with van der Waals surface area (Å²) in [5.74, 6) is -0.886. The fourth-order valence-corrected chi connectivity index (χ4v) is 2.98. The number of aliphatic hydroxyl groups excluding tert-OH is 2. The number of allylic oxidation sites excluding steroid dienone is 1. The third-order valence-electron chi connectivity index (χ3n) is 4.28. The van der Waals surface area contributed by atoms with Crippen molar-refractivity contribution in [2.75, 3.05) is 18.9 Å². The number of nitrogens with one attached hydrogen (secondary N) is 1. The van der Waals surface area contributed by atoms with Gasteiger partial charge in [0.05, 0.1) is 12.2 Å². The van der Waals surface area contributed by atoms with Gasteiger partial charge in [0, 0.05) is 17.0 Å². The van der Waals surface area contributed by atoms with Crippen LogP contribution in [0.25, 0.3) is 22.0 Å². The molecule has 1 aromatic heterocycles. The number of esters is 1. The molecule has 3 rings (SSSR count). The number of aromatic nitrogens is 1. The molecule has 0 spiro atoms. The summed E-state index contributed by atoms with van der Waals surface area (Å²) >= 11 is 0. The van der Waals surface area contributed by atoms with Crippen molar-refractivity contribution in [2.45, 2.75) is 19.2 Å². The highest BCUT2D eigenvalue weighted by Crippen LogP contribution is 2.37. The first kappa shape index (κ1) is 25.6. The number of ether oxygens (including phenoxy) is 1. The van der Waals surface area contributed by atoms with Crippen LogP contribution >= 0.6 is 0 Å². The number of aliphatic hydroxyl groups is 2. The summed E-state index contributed by atoms with van der Waals surface area (Å²) < 4.78 is 45.3. The molecule has 0 aliphatic rings. The zero-order chi connectivity index (χ0) is 24.8. The SMILES string of the molecule is C=C(C)[O-].Nc1cc(-c2ccccc2C(=O)OCC(O)CO)c2cccc(C(F)(F)F)c2[nH+]1. The van der Waals surface area contributed by atoms with Crippen LogP contribution < -0.4 is 15.8 Å². The lowest BCUT2D eigenvalue weighted by molar-refractivity contribution is -0.329. The Labute approximate surface area is 187 Å². The van der Waals surface area contributed by atoms with E-state index in [9.17, 15) is 28.2 Å². The number of rotatable bonds is 5. The van der Waals surface area contributed by atoms with Gasteiger partial charge in [-0.2, -0.15) is 13.2 Å². The smallest absolute Gasteiger partial charge is 0.420 e. The molecule has 7 nitrogen and oxygen atoms in total. The van der Waals surface area contributed by atoms with E-state index < -0.39 is 37.0 Å². The zero-order valence-corrected chi connectivity index (χ0v) is 17.6. The predicted octanol–water partition coefficient (Wildman–Crippen LogP) is 2.31. The van der Waals surface area contributed by atoms with Gasteiger partial charge in [-0.25, -0.2) is 9.78 Å². The number of nitrogens with two attached hydrogens (primary N) is 1. The molecule has 0 amide bonds. The lowest BCUT2D eigenvalue weighted by atomic mass is 9.95. The van der Waals surface area contributed by atoms with E-state index in [1.807, 2.05) is 0 Å². The molecule has 0 saturated carbocycles. The second-order valence-corrected chi connectivity index (χ2v) is 7.05. The van der Waals surface area contributed by atoms with Gasteiger partial charge in [0.2, 0.25) is 0 Å². The van der Waals surface area contributed by atoms with Crippen LogP contribution in [0.2, 0.25) is 0 Å². The maximum absolute atomic E-state index is 13.4. The quantitative estimate of drug-likeness (QED) is 0.393. The summed E-state index contributed by atoms with van der Waals surface area (Å²) in [5, 5.41) is 27.8.